The van der Waals surface area contributed by atoms with Crippen molar-refractivity contribution in [3.05, 3.63) is 23.8 Å². The van der Waals surface area contributed by atoms with Crippen LogP contribution >= 0.6 is 12.4 Å². The van der Waals surface area contributed by atoms with Crippen molar-refractivity contribution in [3.8, 4) is 5.75 Å². The summed E-state index contributed by atoms with van der Waals surface area (Å²) in [6.07, 6.45) is 0. The number of nitrogens with zero attached hydrogens (tertiary/aromatic N) is 1. The number of hydrogen-bond donors (Lipinski definition) is 2. The van der Waals surface area contributed by atoms with E-state index in [1.807, 2.05) is 13.0 Å². The van der Waals surface area contributed by atoms with Crippen LogP contribution in [0.25, 0.3) is 0 Å². The molecule has 2 amide bonds. The fraction of sp³-hybridized carbons (Fsp3) is 0.500. The monoisotopic (exact) mass is 343 g/mol. The molecular formula is C16H26ClN3O3. The molecule has 7 heteroatoms. The SMILES string of the molecule is Cc1ccc(NC(=O)C(C)C(C)N)c(OCC(=O)N(C)C)c1.Cl. The third kappa shape index (κ3) is 6.46. The fourth-order valence-electron chi connectivity index (χ4n) is 1.61. The molecule has 0 saturated heterocycles. The maximum atomic E-state index is 12.1. The van der Waals surface area contributed by atoms with E-state index < -0.39 is 0 Å². The Balaban J connectivity index is 0.00000484. The Labute approximate surface area is 143 Å². The van der Waals surface area contributed by atoms with E-state index in [1.54, 1.807) is 40.1 Å². The molecule has 0 radical (unpaired) electrons. The number of nitrogens with one attached hydrogen (secondary N) is 1. The van der Waals surface area contributed by atoms with Crippen molar-refractivity contribution in [2.75, 3.05) is 26.0 Å². The summed E-state index contributed by atoms with van der Waals surface area (Å²) in [6, 6.07) is 5.17. The quantitative estimate of drug-likeness (QED) is 0.825. The van der Waals surface area contributed by atoms with Gasteiger partial charge in [-0.2, -0.15) is 0 Å². The van der Waals surface area contributed by atoms with Crippen molar-refractivity contribution in [1.29, 1.82) is 0 Å². The standard InChI is InChI=1S/C16H25N3O3.ClH/c1-10-6-7-13(18-16(21)11(2)12(3)17)14(8-10)22-9-15(20)19(4)5;/h6-8,11-12H,9,17H2,1-5H3,(H,18,21);1H. The van der Waals surface area contributed by atoms with E-state index in [9.17, 15) is 9.59 Å². The lowest BCUT2D eigenvalue weighted by atomic mass is 10.0. The lowest BCUT2D eigenvalue weighted by molar-refractivity contribution is -0.130. The molecule has 2 unspecified atom stereocenters. The van der Waals surface area contributed by atoms with Gasteiger partial charge in [0.05, 0.1) is 11.6 Å². The van der Waals surface area contributed by atoms with Crippen LogP contribution < -0.4 is 15.8 Å². The van der Waals surface area contributed by atoms with Crippen molar-refractivity contribution >= 4 is 29.9 Å². The molecule has 3 N–H and O–H groups in total. The highest BCUT2D eigenvalue weighted by molar-refractivity contribution is 5.94. The predicted octanol–water partition coefficient (Wildman–Crippen LogP) is 1.81. The minimum atomic E-state index is -0.322. The predicted molar refractivity (Wildman–Crippen MR) is 94.1 cm³/mol. The second kappa shape index (κ2) is 9.37. The third-order valence-electron chi connectivity index (χ3n) is 3.45. The van der Waals surface area contributed by atoms with Crippen molar-refractivity contribution in [2.45, 2.75) is 26.8 Å². The van der Waals surface area contributed by atoms with E-state index in [1.165, 1.54) is 4.90 Å². The summed E-state index contributed by atoms with van der Waals surface area (Å²) in [5.74, 6) is -0.177. The number of rotatable bonds is 6. The summed E-state index contributed by atoms with van der Waals surface area (Å²) < 4.78 is 5.54. The molecule has 0 fully saturated rings. The highest BCUT2D eigenvalue weighted by Crippen LogP contribution is 2.26. The minimum absolute atomic E-state index is 0. The van der Waals surface area contributed by atoms with Crippen LogP contribution in [0.15, 0.2) is 18.2 Å². The molecule has 1 aromatic rings. The average molecular weight is 344 g/mol. The van der Waals surface area contributed by atoms with Gasteiger partial charge < -0.3 is 20.7 Å². The second-order valence-electron chi connectivity index (χ2n) is 5.71. The lowest BCUT2D eigenvalue weighted by Gasteiger charge is -2.18. The average Bonchev–Trinajstić information content (AvgIpc) is 2.45. The highest BCUT2D eigenvalue weighted by Gasteiger charge is 2.19. The number of amides is 2. The van der Waals surface area contributed by atoms with Gasteiger partial charge in [0.2, 0.25) is 5.91 Å². The van der Waals surface area contributed by atoms with Crippen molar-refractivity contribution in [3.63, 3.8) is 0 Å². The van der Waals surface area contributed by atoms with E-state index in [0.717, 1.165) is 5.56 Å². The number of hydrogen-bond acceptors (Lipinski definition) is 4. The molecule has 0 aromatic heterocycles. The first-order chi connectivity index (χ1) is 10.2. The molecule has 130 valence electrons. The molecule has 0 aliphatic rings. The Morgan fingerprint density at radius 3 is 2.43 bits per heavy atom. The van der Waals surface area contributed by atoms with Crippen LogP contribution in [0, 0.1) is 12.8 Å². The molecule has 0 aliphatic heterocycles. The Kier molecular flexibility index (Phi) is 8.64. The molecule has 1 aromatic carbocycles. The van der Waals surface area contributed by atoms with E-state index in [4.69, 9.17) is 10.5 Å². The number of benzene rings is 1. The van der Waals surface area contributed by atoms with Crippen LogP contribution in [0.2, 0.25) is 0 Å². The number of ether oxygens (including phenoxy) is 1. The minimum Gasteiger partial charge on any atom is -0.482 e. The van der Waals surface area contributed by atoms with E-state index in [0.29, 0.717) is 11.4 Å². The van der Waals surface area contributed by atoms with Gasteiger partial charge >= 0.3 is 0 Å². The number of aryl methyl sites for hydroxylation is 1. The summed E-state index contributed by atoms with van der Waals surface area (Å²) in [5, 5.41) is 2.80. The number of likely N-dealkylation sites (N-methyl/N-ethyl adjacent to an activating group) is 1. The van der Waals surface area contributed by atoms with Crippen LogP contribution in [0.1, 0.15) is 19.4 Å². The number of carbonyl (C=O) groups is 2. The van der Waals surface area contributed by atoms with Crippen LogP contribution in [0.3, 0.4) is 0 Å². The fourth-order valence-corrected chi connectivity index (χ4v) is 1.61. The van der Waals surface area contributed by atoms with Crippen molar-refractivity contribution in [1.82, 2.24) is 4.90 Å². The smallest absolute Gasteiger partial charge is 0.259 e. The van der Waals surface area contributed by atoms with Gasteiger partial charge in [0.25, 0.3) is 5.91 Å². The van der Waals surface area contributed by atoms with Gasteiger partial charge in [-0.1, -0.05) is 13.0 Å². The lowest BCUT2D eigenvalue weighted by Crippen LogP contribution is -2.34. The number of carbonyl (C=O) groups excluding carboxylic acids is 2. The first-order valence-electron chi connectivity index (χ1n) is 7.22. The first kappa shape index (κ1) is 21.2. The topological polar surface area (TPSA) is 84.7 Å². The molecule has 23 heavy (non-hydrogen) atoms. The van der Waals surface area contributed by atoms with Crippen LogP contribution in [0.5, 0.6) is 5.75 Å². The normalized spacial score (nSPS) is 12.6. The zero-order valence-electron chi connectivity index (χ0n) is 14.3. The molecule has 6 nitrogen and oxygen atoms in total. The summed E-state index contributed by atoms with van der Waals surface area (Å²) in [6.45, 7) is 5.38. The molecule has 0 heterocycles. The molecule has 2 atom stereocenters. The van der Waals surface area contributed by atoms with Crippen molar-refractivity contribution in [2.24, 2.45) is 11.7 Å². The van der Waals surface area contributed by atoms with Gasteiger partial charge in [0.1, 0.15) is 5.75 Å². The van der Waals surface area contributed by atoms with Gasteiger partial charge in [-0.05, 0) is 31.5 Å². The summed E-state index contributed by atoms with van der Waals surface area (Å²) in [7, 11) is 3.32. The van der Waals surface area contributed by atoms with Gasteiger partial charge in [-0.3, -0.25) is 9.59 Å². The first-order valence-corrected chi connectivity index (χ1v) is 7.22. The Bertz CT molecular complexity index is 547. The van der Waals surface area contributed by atoms with Gasteiger partial charge in [-0.25, -0.2) is 0 Å². The van der Waals surface area contributed by atoms with Crippen molar-refractivity contribution < 1.29 is 14.3 Å². The largest absolute Gasteiger partial charge is 0.482 e. The molecule has 1 rings (SSSR count). The Morgan fingerprint density at radius 1 is 1.30 bits per heavy atom. The van der Waals surface area contributed by atoms with Crippen LogP contribution in [-0.4, -0.2) is 43.5 Å². The maximum Gasteiger partial charge on any atom is 0.259 e. The molecule has 0 spiro atoms. The second-order valence-corrected chi connectivity index (χ2v) is 5.71. The summed E-state index contributed by atoms with van der Waals surface area (Å²) >= 11 is 0. The zero-order valence-corrected chi connectivity index (χ0v) is 15.1. The summed E-state index contributed by atoms with van der Waals surface area (Å²) in [4.78, 5) is 25.2. The number of halogens is 1. The Hall–Kier alpha value is -1.79. The van der Waals surface area contributed by atoms with E-state index >= 15 is 0 Å². The zero-order chi connectivity index (χ0) is 16.9. The molecular weight excluding hydrogens is 318 g/mol. The van der Waals surface area contributed by atoms with E-state index in [2.05, 4.69) is 5.32 Å². The van der Waals surface area contributed by atoms with Crippen LogP contribution in [0.4, 0.5) is 5.69 Å². The molecule has 0 saturated carbocycles. The van der Waals surface area contributed by atoms with E-state index in [-0.39, 0.29) is 42.8 Å². The Morgan fingerprint density at radius 2 is 1.91 bits per heavy atom. The highest BCUT2D eigenvalue weighted by atomic mass is 35.5. The molecule has 0 aliphatic carbocycles. The van der Waals surface area contributed by atoms with Gasteiger partial charge in [-0.15, -0.1) is 12.4 Å². The third-order valence-corrected chi connectivity index (χ3v) is 3.45. The number of nitrogens with two attached hydrogens (primary N) is 1. The van der Waals surface area contributed by atoms with Crippen LogP contribution in [-0.2, 0) is 9.59 Å². The van der Waals surface area contributed by atoms with Gasteiger partial charge in [0.15, 0.2) is 6.61 Å². The summed E-state index contributed by atoms with van der Waals surface area (Å²) in [5.41, 5.74) is 7.26. The molecule has 0 bridgehead atoms. The van der Waals surface area contributed by atoms with Gasteiger partial charge in [0, 0.05) is 20.1 Å². The maximum absolute atomic E-state index is 12.1. The number of anilines is 1.